The van der Waals surface area contributed by atoms with Gasteiger partial charge in [0.15, 0.2) is 0 Å². The first-order valence-electron chi connectivity index (χ1n) is 7.54. The first kappa shape index (κ1) is 15.4. The molecule has 2 saturated heterocycles. The number of nitrogens with one attached hydrogen (secondary N) is 1. The van der Waals surface area contributed by atoms with Crippen molar-refractivity contribution in [2.75, 3.05) is 13.1 Å². The van der Waals surface area contributed by atoms with Crippen LogP contribution >= 0.6 is 11.3 Å². The maximum Gasteiger partial charge on any atom is 0.242 e. The Morgan fingerprint density at radius 2 is 2.24 bits per heavy atom. The third-order valence-corrected chi connectivity index (χ3v) is 7.59. The van der Waals surface area contributed by atoms with E-state index in [1.165, 1.54) is 30.7 Å². The molecular formula is C14H23N3O2S2. The zero-order valence-corrected chi connectivity index (χ0v) is 14.0. The molecule has 3 N–H and O–H groups in total. The topological polar surface area (TPSA) is 75.4 Å². The minimum absolute atomic E-state index is 0.0549. The van der Waals surface area contributed by atoms with Crippen LogP contribution in [0.3, 0.4) is 0 Å². The van der Waals surface area contributed by atoms with Crippen molar-refractivity contribution in [3.63, 3.8) is 0 Å². The van der Waals surface area contributed by atoms with Gasteiger partial charge in [0.05, 0.1) is 0 Å². The SMILES string of the molecule is Cc1csc(CN)c1S(=O)(=O)NC1CCN2CCCC2C1. The number of nitrogens with zero attached hydrogens (tertiary/aromatic N) is 1. The molecule has 2 aliphatic rings. The summed E-state index contributed by atoms with van der Waals surface area (Å²) >= 11 is 1.43. The van der Waals surface area contributed by atoms with E-state index in [2.05, 4.69) is 9.62 Å². The summed E-state index contributed by atoms with van der Waals surface area (Å²) in [7, 11) is -3.46. The predicted molar refractivity (Wildman–Crippen MR) is 84.9 cm³/mol. The van der Waals surface area contributed by atoms with Crippen LogP contribution in [0.15, 0.2) is 10.3 Å². The van der Waals surface area contributed by atoms with Crippen LogP contribution in [0.25, 0.3) is 0 Å². The van der Waals surface area contributed by atoms with Gasteiger partial charge in [0.2, 0.25) is 10.0 Å². The molecule has 2 atom stereocenters. The molecule has 0 radical (unpaired) electrons. The van der Waals surface area contributed by atoms with Crippen molar-refractivity contribution in [2.45, 2.75) is 56.1 Å². The Morgan fingerprint density at radius 3 is 3.00 bits per heavy atom. The second-order valence-electron chi connectivity index (χ2n) is 6.05. The molecule has 5 nitrogen and oxygen atoms in total. The van der Waals surface area contributed by atoms with Crippen molar-refractivity contribution in [3.8, 4) is 0 Å². The van der Waals surface area contributed by atoms with E-state index in [9.17, 15) is 8.42 Å². The van der Waals surface area contributed by atoms with Gasteiger partial charge in [0.1, 0.15) is 4.90 Å². The van der Waals surface area contributed by atoms with Crippen LogP contribution in [-0.2, 0) is 16.6 Å². The molecule has 2 unspecified atom stereocenters. The summed E-state index contributed by atoms with van der Waals surface area (Å²) in [6, 6.07) is 0.614. The van der Waals surface area contributed by atoms with E-state index >= 15 is 0 Å². The third-order valence-electron chi connectivity index (χ3n) is 4.59. The number of nitrogens with two attached hydrogens (primary N) is 1. The zero-order valence-electron chi connectivity index (χ0n) is 12.3. The van der Waals surface area contributed by atoms with Crippen LogP contribution in [0.4, 0.5) is 0 Å². The van der Waals surface area contributed by atoms with Gasteiger partial charge in [-0.25, -0.2) is 13.1 Å². The van der Waals surface area contributed by atoms with E-state index in [4.69, 9.17) is 5.73 Å². The van der Waals surface area contributed by atoms with Crippen LogP contribution in [0, 0.1) is 6.92 Å². The lowest BCUT2D eigenvalue weighted by Crippen LogP contribution is -2.47. The summed E-state index contributed by atoms with van der Waals surface area (Å²) in [5.74, 6) is 0. The van der Waals surface area contributed by atoms with Gasteiger partial charge in [0, 0.05) is 23.5 Å². The van der Waals surface area contributed by atoms with E-state index in [-0.39, 0.29) is 12.6 Å². The molecule has 21 heavy (non-hydrogen) atoms. The van der Waals surface area contributed by atoms with Gasteiger partial charge in [-0.3, -0.25) is 0 Å². The second kappa shape index (κ2) is 5.96. The number of sulfonamides is 1. The molecule has 3 heterocycles. The Kier molecular flexibility index (Phi) is 4.38. The van der Waals surface area contributed by atoms with Crippen LogP contribution in [0.1, 0.15) is 36.1 Å². The van der Waals surface area contributed by atoms with Gasteiger partial charge < -0.3 is 10.6 Å². The molecule has 0 saturated carbocycles. The summed E-state index contributed by atoms with van der Waals surface area (Å²) < 4.78 is 28.3. The fraction of sp³-hybridized carbons (Fsp3) is 0.714. The molecule has 0 aromatic carbocycles. The number of aryl methyl sites for hydroxylation is 1. The maximum absolute atomic E-state index is 12.7. The van der Waals surface area contributed by atoms with E-state index in [1.54, 1.807) is 0 Å². The summed E-state index contributed by atoms with van der Waals surface area (Å²) in [5.41, 5.74) is 6.47. The van der Waals surface area contributed by atoms with Gasteiger partial charge in [-0.1, -0.05) is 0 Å². The van der Waals surface area contributed by atoms with Crippen molar-refractivity contribution in [2.24, 2.45) is 5.73 Å². The van der Waals surface area contributed by atoms with Crippen molar-refractivity contribution in [3.05, 3.63) is 15.8 Å². The van der Waals surface area contributed by atoms with Crippen LogP contribution < -0.4 is 10.5 Å². The molecule has 1 aromatic rings. The highest BCUT2D eigenvalue weighted by molar-refractivity contribution is 7.89. The third kappa shape index (κ3) is 3.03. The van der Waals surface area contributed by atoms with Crippen molar-refractivity contribution < 1.29 is 8.42 Å². The molecule has 0 amide bonds. The Labute approximate surface area is 130 Å². The monoisotopic (exact) mass is 329 g/mol. The highest BCUT2D eigenvalue weighted by Crippen LogP contribution is 2.30. The van der Waals surface area contributed by atoms with Gasteiger partial charge in [-0.05, 0) is 56.6 Å². The zero-order chi connectivity index (χ0) is 15.0. The smallest absolute Gasteiger partial charge is 0.242 e. The molecule has 3 rings (SSSR count). The van der Waals surface area contributed by atoms with Crippen molar-refractivity contribution >= 4 is 21.4 Å². The van der Waals surface area contributed by atoms with E-state index in [0.29, 0.717) is 10.9 Å². The lowest BCUT2D eigenvalue weighted by molar-refractivity contribution is 0.176. The molecule has 0 aliphatic carbocycles. The summed E-state index contributed by atoms with van der Waals surface area (Å²) in [6.07, 6.45) is 4.27. The van der Waals surface area contributed by atoms with Crippen LogP contribution in [-0.4, -0.2) is 38.5 Å². The first-order valence-corrected chi connectivity index (χ1v) is 9.91. The molecule has 2 aliphatic heterocycles. The largest absolute Gasteiger partial charge is 0.326 e. The average molecular weight is 329 g/mol. The van der Waals surface area contributed by atoms with Crippen molar-refractivity contribution in [1.82, 2.24) is 9.62 Å². The molecule has 118 valence electrons. The van der Waals surface area contributed by atoms with Crippen LogP contribution in [0.5, 0.6) is 0 Å². The summed E-state index contributed by atoms with van der Waals surface area (Å²) in [5, 5.41) is 1.87. The summed E-state index contributed by atoms with van der Waals surface area (Å²) in [6.45, 7) is 4.29. The Balaban J connectivity index is 1.75. The second-order valence-corrected chi connectivity index (χ2v) is 8.66. The Morgan fingerprint density at radius 1 is 1.43 bits per heavy atom. The normalized spacial score (nSPS) is 27.0. The highest BCUT2D eigenvalue weighted by Gasteiger charge is 2.34. The molecule has 7 heteroatoms. The lowest BCUT2D eigenvalue weighted by Gasteiger charge is -2.35. The van der Waals surface area contributed by atoms with Crippen LogP contribution in [0.2, 0.25) is 0 Å². The first-order chi connectivity index (χ1) is 10.0. The Hall–Kier alpha value is -0.470. The van der Waals surface area contributed by atoms with Gasteiger partial charge >= 0.3 is 0 Å². The molecule has 0 bridgehead atoms. The number of hydrogen-bond acceptors (Lipinski definition) is 5. The molecule has 2 fully saturated rings. The lowest BCUT2D eigenvalue weighted by atomic mass is 9.99. The molecular weight excluding hydrogens is 306 g/mol. The minimum Gasteiger partial charge on any atom is -0.326 e. The quantitative estimate of drug-likeness (QED) is 0.876. The number of thiophene rings is 1. The predicted octanol–water partition coefficient (Wildman–Crippen LogP) is 1.42. The van der Waals surface area contributed by atoms with E-state index in [1.807, 2.05) is 12.3 Å². The standard InChI is InChI=1S/C14H23N3O2S2/c1-10-9-20-13(8-15)14(10)21(18,19)16-11-4-6-17-5-2-3-12(17)7-11/h9,11-12,16H,2-8,15H2,1H3. The van der Waals surface area contributed by atoms with Gasteiger partial charge in [-0.15, -0.1) is 11.3 Å². The molecule has 1 aromatic heterocycles. The Bertz CT molecular complexity index is 612. The van der Waals surface area contributed by atoms with Gasteiger partial charge in [-0.2, -0.15) is 0 Å². The van der Waals surface area contributed by atoms with E-state index in [0.717, 1.165) is 29.8 Å². The molecule has 0 spiro atoms. The maximum atomic E-state index is 12.7. The highest BCUT2D eigenvalue weighted by atomic mass is 32.2. The average Bonchev–Trinajstić information content (AvgIpc) is 3.03. The fourth-order valence-corrected chi connectivity index (χ4v) is 6.58. The summed E-state index contributed by atoms with van der Waals surface area (Å²) in [4.78, 5) is 3.65. The number of fused-ring (bicyclic) bond motifs is 1. The minimum atomic E-state index is -3.46. The number of hydrogen-bond donors (Lipinski definition) is 2. The van der Waals surface area contributed by atoms with Gasteiger partial charge in [0.25, 0.3) is 0 Å². The van der Waals surface area contributed by atoms with Crippen molar-refractivity contribution in [1.29, 1.82) is 0 Å². The number of piperidine rings is 1. The van der Waals surface area contributed by atoms with E-state index < -0.39 is 10.0 Å². The fourth-order valence-electron chi connectivity index (χ4n) is 3.60. The number of rotatable bonds is 4.